The van der Waals surface area contributed by atoms with Crippen molar-refractivity contribution in [2.75, 3.05) is 19.0 Å². The first-order valence-electron chi connectivity index (χ1n) is 6.03. The van der Waals surface area contributed by atoms with Gasteiger partial charge in [0.25, 0.3) is 11.6 Å². The topological polar surface area (TPSA) is 102 Å². The molecule has 7 heteroatoms. The van der Waals surface area contributed by atoms with Crippen molar-refractivity contribution in [2.24, 2.45) is 11.8 Å². The molecule has 1 aromatic rings. The molecule has 1 fully saturated rings. The third-order valence-electron chi connectivity index (χ3n) is 3.17. The second-order valence-electron chi connectivity index (χ2n) is 4.76. The van der Waals surface area contributed by atoms with Gasteiger partial charge in [0.15, 0.2) is 0 Å². The fourth-order valence-electron chi connectivity index (χ4n) is 1.93. The Bertz CT molecular complexity index is 514. The van der Waals surface area contributed by atoms with Gasteiger partial charge in [-0.15, -0.1) is 0 Å². The standard InChI is InChI=1S/C12H16N4O3/c1-15(7-8-2-3-8)12(17)9-4-5-10(14-13)11(6-9)16(18)19/h4-6,8,14H,2-3,7,13H2,1H3. The molecule has 1 amide bonds. The lowest BCUT2D eigenvalue weighted by Crippen LogP contribution is -2.28. The Morgan fingerprint density at radius 1 is 1.58 bits per heavy atom. The smallest absolute Gasteiger partial charge is 0.294 e. The lowest BCUT2D eigenvalue weighted by atomic mass is 10.1. The number of nitrogens with one attached hydrogen (secondary N) is 1. The molecule has 0 radical (unpaired) electrons. The summed E-state index contributed by atoms with van der Waals surface area (Å²) in [5.74, 6) is 5.57. The number of hydrogen-bond donors (Lipinski definition) is 2. The van der Waals surface area contributed by atoms with Crippen LogP contribution >= 0.6 is 0 Å². The Morgan fingerprint density at radius 3 is 2.79 bits per heavy atom. The van der Waals surface area contributed by atoms with E-state index in [4.69, 9.17) is 5.84 Å². The molecular formula is C12H16N4O3. The molecule has 102 valence electrons. The van der Waals surface area contributed by atoms with Gasteiger partial charge < -0.3 is 10.3 Å². The lowest BCUT2D eigenvalue weighted by Gasteiger charge is -2.16. The maximum absolute atomic E-state index is 12.1. The van der Waals surface area contributed by atoms with Crippen LogP contribution in [-0.2, 0) is 0 Å². The van der Waals surface area contributed by atoms with E-state index >= 15 is 0 Å². The van der Waals surface area contributed by atoms with Gasteiger partial charge in [-0.05, 0) is 30.9 Å². The van der Waals surface area contributed by atoms with Gasteiger partial charge in [-0.1, -0.05) is 0 Å². The van der Waals surface area contributed by atoms with Crippen molar-refractivity contribution in [3.8, 4) is 0 Å². The number of carbonyl (C=O) groups excluding carboxylic acids is 1. The summed E-state index contributed by atoms with van der Waals surface area (Å²) in [5.41, 5.74) is 2.53. The molecule has 0 unspecified atom stereocenters. The fraction of sp³-hybridized carbons (Fsp3) is 0.417. The molecule has 2 rings (SSSR count). The van der Waals surface area contributed by atoms with Gasteiger partial charge in [-0.3, -0.25) is 20.8 Å². The predicted molar refractivity (Wildman–Crippen MR) is 70.6 cm³/mol. The van der Waals surface area contributed by atoms with Crippen LogP contribution in [0.2, 0.25) is 0 Å². The number of hydrazine groups is 1. The molecule has 3 N–H and O–H groups in total. The molecule has 0 aliphatic heterocycles. The number of nitrogen functional groups attached to an aromatic ring is 1. The molecule has 1 saturated carbocycles. The normalized spacial score (nSPS) is 14.0. The molecule has 0 bridgehead atoms. The van der Waals surface area contributed by atoms with E-state index in [1.165, 1.54) is 18.2 Å². The number of nitrogens with zero attached hydrogens (tertiary/aromatic N) is 2. The number of nitro benzene ring substituents is 1. The molecule has 0 heterocycles. The zero-order chi connectivity index (χ0) is 14.0. The minimum Gasteiger partial charge on any atom is -0.341 e. The Morgan fingerprint density at radius 2 is 2.26 bits per heavy atom. The first kappa shape index (κ1) is 13.3. The van der Waals surface area contributed by atoms with Crippen molar-refractivity contribution < 1.29 is 9.72 Å². The summed E-state index contributed by atoms with van der Waals surface area (Å²) in [6, 6.07) is 4.23. The van der Waals surface area contributed by atoms with E-state index in [-0.39, 0.29) is 17.3 Å². The number of carbonyl (C=O) groups is 1. The molecule has 1 aliphatic rings. The summed E-state index contributed by atoms with van der Waals surface area (Å²) >= 11 is 0. The second kappa shape index (κ2) is 5.23. The first-order valence-corrected chi connectivity index (χ1v) is 6.03. The summed E-state index contributed by atoms with van der Waals surface area (Å²) in [6.07, 6.45) is 2.29. The summed E-state index contributed by atoms with van der Waals surface area (Å²) < 4.78 is 0. The largest absolute Gasteiger partial charge is 0.341 e. The third kappa shape index (κ3) is 3.00. The minimum atomic E-state index is -0.563. The van der Waals surface area contributed by atoms with Crippen molar-refractivity contribution in [3.63, 3.8) is 0 Å². The van der Waals surface area contributed by atoms with Gasteiger partial charge in [0.1, 0.15) is 5.69 Å². The van der Waals surface area contributed by atoms with Crippen LogP contribution in [0.3, 0.4) is 0 Å². The number of anilines is 1. The van der Waals surface area contributed by atoms with Crippen LogP contribution in [0, 0.1) is 16.0 Å². The molecule has 0 saturated heterocycles. The molecule has 0 aromatic heterocycles. The average Bonchev–Trinajstić information content (AvgIpc) is 3.20. The van der Waals surface area contributed by atoms with Crippen LogP contribution < -0.4 is 11.3 Å². The molecule has 1 aromatic carbocycles. The van der Waals surface area contributed by atoms with E-state index < -0.39 is 4.92 Å². The van der Waals surface area contributed by atoms with E-state index in [0.717, 1.165) is 12.8 Å². The van der Waals surface area contributed by atoms with E-state index in [0.29, 0.717) is 18.0 Å². The van der Waals surface area contributed by atoms with Crippen molar-refractivity contribution in [2.45, 2.75) is 12.8 Å². The first-order chi connectivity index (χ1) is 9.02. The summed E-state index contributed by atoms with van der Waals surface area (Å²) in [6.45, 7) is 0.698. The highest BCUT2D eigenvalue weighted by Crippen LogP contribution is 2.30. The maximum atomic E-state index is 12.1. The number of hydrogen-bond acceptors (Lipinski definition) is 5. The minimum absolute atomic E-state index is 0.186. The van der Waals surface area contributed by atoms with Crippen LogP contribution in [0.25, 0.3) is 0 Å². The SMILES string of the molecule is CN(CC1CC1)C(=O)c1ccc(NN)c([N+](=O)[O-])c1. The van der Waals surface area contributed by atoms with E-state index in [1.54, 1.807) is 11.9 Å². The highest BCUT2D eigenvalue weighted by Gasteiger charge is 2.26. The summed E-state index contributed by atoms with van der Waals surface area (Å²) in [7, 11) is 1.71. The van der Waals surface area contributed by atoms with Gasteiger partial charge in [0.05, 0.1) is 4.92 Å². The van der Waals surface area contributed by atoms with Gasteiger partial charge in [-0.25, -0.2) is 0 Å². The third-order valence-corrected chi connectivity index (χ3v) is 3.17. The van der Waals surface area contributed by atoms with E-state index in [1.807, 2.05) is 0 Å². The zero-order valence-electron chi connectivity index (χ0n) is 10.6. The van der Waals surface area contributed by atoms with Crippen LogP contribution in [-0.4, -0.2) is 29.3 Å². The predicted octanol–water partition coefficient (Wildman–Crippen LogP) is 1.36. The molecule has 19 heavy (non-hydrogen) atoms. The Labute approximate surface area is 110 Å². The molecule has 7 nitrogen and oxygen atoms in total. The summed E-state index contributed by atoms with van der Waals surface area (Å²) in [4.78, 5) is 24.1. The van der Waals surface area contributed by atoms with Crippen molar-refractivity contribution >= 4 is 17.3 Å². The van der Waals surface area contributed by atoms with Gasteiger partial charge in [-0.2, -0.15) is 0 Å². The van der Waals surface area contributed by atoms with Crippen LogP contribution in [0.5, 0.6) is 0 Å². The monoisotopic (exact) mass is 264 g/mol. The van der Waals surface area contributed by atoms with Gasteiger partial charge in [0, 0.05) is 25.2 Å². The van der Waals surface area contributed by atoms with E-state index in [9.17, 15) is 14.9 Å². The van der Waals surface area contributed by atoms with Crippen molar-refractivity contribution in [1.82, 2.24) is 4.90 Å². The number of rotatable bonds is 5. The average molecular weight is 264 g/mol. The van der Waals surface area contributed by atoms with Crippen LogP contribution in [0.15, 0.2) is 18.2 Å². The van der Waals surface area contributed by atoms with Gasteiger partial charge >= 0.3 is 0 Å². The lowest BCUT2D eigenvalue weighted by molar-refractivity contribution is -0.384. The number of amides is 1. The molecule has 1 aliphatic carbocycles. The second-order valence-corrected chi connectivity index (χ2v) is 4.76. The number of benzene rings is 1. The maximum Gasteiger partial charge on any atom is 0.294 e. The van der Waals surface area contributed by atoms with Crippen molar-refractivity contribution in [1.29, 1.82) is 0 Å². The number of nitro groups is 1. The molecule has 0 spiro atoms. The van der Waals surface area contributed by atoms with Crippen molar-refractivity contribution in [3.05, 3.63) is 33.9 Å². The highest BCUT2D eigenvalue weighted by atomic mass is 16.6. The fourth-order valence-corrected chi connectivity index (χ4v) is 1.93. The number of nitrogens with two attached hydrogens (primary N) is 1. The zero-order valence-corrected chi connectivity index (χ0v) is 10.6. The Kier molecular flexibility index (Phi) is 3.66. The van der Waals surface area contributed by atoms with Crippen LogP contribution in [0.4, 0.5) is 11.4 Å². The molecular weight excluding hydrogens is 248 g/mol. The highest BCUT2D eigenvalue weighted by molar-refractivity contribution is 5.95. The van der Waals surface area contributed by atoms with E-state index in [2.05, 4.69) is 5.43 Å². The van der Waals surface area contributed by atoms with Gasteiger partial charge in [0.2, 0.25) is 0 Å². The Balaban J connectivity index is 2.21. The molecule has 0 atom stereocenters. The Hall–Kier alpha value is -2.15. The van der Waals surface area contributed by atoms with Crippen LogP contribution in [0.1, 0.15) is 23.2 Å². The summed E-state index contributed by atoms with van der Waals surface area (Å²) in [5, 5.41) is 10.9. The quantitative estimate of drug-likeness (QED) is 0.475.